The van der Waals surface area contributed by atoms with Crippen LogP contribution in [0.3, 0.4) is 0 Å². The SMILES string of the molecule is Cc1c(C(=O)N(Cc2ccco2)c2ccccc2)oc2ccc(F)cc12. The summed E-state index contributed by atoms with van der Waals surface area (Å²) in [5.74, 6) is 0.181. The highest BCUT2D eigenvalue weighted by Crippen LogP contribution is 2.29. The third-order valence-corrected chi connectivity index (χ3v) is 4.30. The van der Waals surface area contributed by atoms with Gasteiger partial charge in [-0.3, -0.25) is 9.69 Å². The monoisotopic (exact) mass is 349 g/mol. The van der Waals surface area contributed by atoms with Crippen molar-refractivity contribution in [3.05, 3.63) is 89.8 Å². The lowest BCUT2D eigenvalue weighted by Gasteiger charge is -2.21. The minimum atomic E-state index is -0.365. The van der Waals surface area contributed by atoms with Gasteiger partial charge in [0.25, 0.3) is 5.91 Å². The molecule has 0 spiro atoms. The van der Waals surface area contributed by atoms with Gasteiger partial charge in [0.2, 0.25) is 0 Å². The number of para-hydroxylation sites is 1. The fourth-order valence-electron chi connectivity index (χ4n) is 2.97. The molecule has 0 aliphatic heterocycles. The number of anilines is 1. The minimum absolute atomic E-state index is 0.195. The predicted octanol–water partition coefficient (Wildman–Crippen LogP) is 5.32. The van der Waals surface area contributed by atoms with Gasteiger partial charge in [-0.25, -0.2) is 4.39 Å². The molecule has 1 amide bonds. The molecule has 0 atom stereocenters. The molecular formula is C21H16FNO3. The predicted molar refractivity (Wildman–Crippen MR) is 96.6 cm³/mol. The summed E-state index contributed by atoms with van der Waals surface area (Å²) < 4.78 is 24.7. The molecule has 0 aliphatic carbocycles. The summed E-state index contributed by atoms with van der Waals surface area (Å²) in [6.07, 6.45) is 1.57. The molecule has 0 saturated heterocycles. The molecule has 4 rings (SSSR count). The molecular weight excluding hydrogens is 333 g/mol. The standard InChI is InChI=1S/C21H16FNO3/c1-14-18-12-15(22)9-10-19(18)26-20(14)21(24)23(13-17-8-5-11-25-17)16-6-3-2-4-7-16/h2-12H,13H2,1H3. The second kappa shape index (κ2) is 6.52. The van der Waals surface area contributed by atoms with Crippen LogP contribution >= 0.6 is 0 Å². The van der Waals surface area contributed by atoms with E-state index in [1.807, 2.05) is 36.4 Å². The van der Waals surface area contributed by atoms with Gasteiger partial charge in [-0.05, 0) is 49.4 Å². The van der Waals surface area contributed by atoms with Crippen LogP contribution in [-0.4, -0.2) is 5.91 Å². The van der Waals surface area contributed by atoms with Crippen molar-refractivity contribution < 1.29 is 18.0 Å². The largest absolute Gasteiger partial charge is 0.467 e. The van der Waals surface area contributed by atoms with E-state index in [9.17, 15) is 9.18 Å². The molecule has 0 fully saturated rings. The van der Waals surface area contributed by atoms with Crippen molar-refractivity contribution >= 4 is 22.6 Å². The average molecular weight is 349 g/mol. The summed E-state index contributed by atoms with van der Waals surface area (Å²) >= 11 is 0. The number of carbonyl (C=O) groups excluding carboxylic acids is 1. The molecule has 0 saturated carbocycles. The highest BCUT2D eigenvalue weighted by molar-refractivity contribution is 6.07. The van der Waals surface area contributed by atoms with Gasteiger partial charge in [-0.2, -0.15) is 0 Å². The normalized spacial score (nSPS) is 11.0. The lowest BCUT2D eigenvalue weighted by Crippen LogP contribution is -2.30. The van der Waals surface area contributed by atoms with E-state index < -0.39 is 0 Å². The van der Waals surface area contributed by atoms with E-state index >= 15 is 0 Å². The molecule has 0 radical (unpaired) electrons. The maximum atomic E-state index is 13.6. The van der Waals surface area contributed by atoms with Gasteiger partial charge in [0.15, 0.2) is 5.76 Å². The first-order valence-electron chi connectivity index (χ1n) is 8.21. The van der Waals surface area contributed by atoms with Crippen molar-refractivity contribution in [3.8, 4) is 0 Å². The van der Waals surface area contributed by atoms with Crippen LogP contribution in [0.25, 0.3) is 11.0 Å². The Morgan fingerprint density at radius 1 is 1.08 bits per heavy atom. The van der Waals surface area contributed by atoms with E-state index in [0.717, 1.165) is 5.69 Å². The summed E-state index contributed by atoms with van der Waals surface area (Å²) in [6, 6.07) is 17.1. The van der Waals surface area contributed by atoms with Crippen LogP contribution in [-0.2, 0) is 6.54 Å². The first-order chi connectivity index (χ1) is 12.6. The van der Waals surface area contributed by atoms with E-state index in [2.05, 4.69) is 0 Å². The Bertz CT molecular complexity index is 1050. The summed E-state index contributed by atoms with van der Waals surface area (Å²) in [5, 5.41) is 0.597. The number of furan rings is 2. The Kier molecular flexibility index (Phi) is 4.05. The number of amides is 1. The number of halogens is 1. The molecule has 4 nitrogen and oxygen atoms in total. The zero-order valence-corrected chi connectivity index (χ0v) is 14.1. The summed E-state index contributed by atoms with van der Waals surface area (Å²) in [5.41, 5.74) is 1.82. The van der Waals surface area contributed by atoms with Crippen molar-refractivity contribution in [2.24, 2.45) is 0 Å². The molecule has 4 aromatic rings. The summed E-state index contributed by atoms with van der Waals surface area (Å²) in [4.78, 5) is 14.8. The fraction of sp³-hybridized carbons (Fsp3) is 0.0952. The highest BCUT2D eigenvalue weighted by atomic mass is 19.1. The average Bonchev–Trinajstić information content (AvgIpc) is 3.28. The second-order valence-electron chi connectivity index (χ2n) is 6.00. The Morgan fingerprint density at radius 3 is 2.62 bits per heavy atom. The molecule has 0 aliphatic rings. The van der Waals surface area contributed by atoms with Gasteiger partial charge in [-0.1, -0.05) is 18.2 Å². The van der Waals surface area contributed by atoms with Crippen molar-refractivity contribution in [1.82, 2.24) is 0 Å². The van der Waals surface area contributed by atoms with Gasteiger partial charge in [0.1, 0.15) is 17.2 Å². The van der Waals surface area contributed by atoms with Gasteiger partial charge in [-0.15, -0.1) is 0 Å². The van der Waals surface area contributed by atoms with Gasteiger partial charge < -0.3 is 8.83 Å². The Balaban J connectivity index is 1.78. The third-order valence-electron chi connectivity index (χ3n) is 4.30. The van der Waals surface area contributed by atoms with Crippen LogP contribution in [0.1, 0.15) is 21.9 Å². The molecule has 2 heterocycles. The van der Waals surface area contributed by atoms with Crippen LogP contribution in [0.2, 0.25) is 0 Å². The van der Waals surface area contributed by atoms with Gasteiger partial charge in [0.05, 0.1) is 12.8 Å². The molecule has 130 valence electrons. The van der Waals surface area contributed by atoms with E-state index in [-0.39, 0.29) is 24.0 Å². The fourth-order valence-corrected chi connectivity index (χ4v) is 2.97. The molecule has 2 aromatic heterocycles. The van der Waals surface area contributed by atoms with Crippen LogP contribution in [0, 0.1) is 12.7 Å². The number of hydrogen-bond donors (Lipinski definition) is 0. The molecule has 0 bridgehead atoms. The Morgan fingerprint density at radius 2 is 1.88 bits per heavy atom. The third kappa shape index (κ3) is 2.88. The molecule has 5 heteroatoms. The van der Waals surface area contributed by atoms with E-state index in [1.165, 1.54) is 18.2 Å². The van der Waals surface area contributed by atoms with Crippen molar-refractivity contribution in [2.45, 2.75) is 13.5 Å². The highest BCUT2D eigenvalue weighted by Gasteiger charge is 2.25. The molecule has 0 N–H and O–H groups in total. The van der Waals surface area contributed by atoms with E-state index in [4.69, 9.17) is 8.83 Å². The number of carbonyl (C=O) groups is 1. The maximum Gasteiger partial charge on any atom is 0.294 e. The second-order valence-corrected chi connectivity index (χ2v) is 6.00. The van der Waals surface area contributed by atoms with Crippen LogP contribution in [0.5, 0.6) is 0 Å². The Labute approximate surface area is 149 Å². The molecule has 0 unspecified atom stereocenters. The quantitative estimate of drug-likeness (QED) is 0.501. The zero-order chi connectivity index (χ0) is 18.1. The summed E-state index contributed by atoms with van der Waals surface area (Å²) in [6.45, 7) is 2.02. The summed E-state index contributed by atoms with van der Waals surface area (Å²) in [7, 11) is 0. The van der Waals surface area contributed by atoms with Crippen molar-refractivity contribution in [3.63, 3.8) is 0 Å². The zero-order valence-electron chi connectivity index (χ0n) is 14.1. The van der Waals surface area contributed by atoms with Crippen LogP contribution in [0.4, 0.5) is 10.1 Å². The molecule has 26 heavy (non-hydrogen) atoms. The number of fused-ring (bicyclic) bond motifs is 1. The minimum Gasteiger partial charge on any atom is -0.467 e. The Hall–Kier alpha value is -3.34. The lowest BCUT2D eigenvalue weighted by atomic mass is 10.1. The first-order valence-corrected chi connectivity index (χ1v) is 8.21. The van der Waals surface area contributed by atoms with Crippen molar-refractivity contribution in [1.29, 1.82) is 0 Å². The van der Waals surface area contributed by atoms with E-state index in [1.54, 1.807) is 24.2 Å². The topological polar surface area (TPSA) is 46.6 Å². The number of nitrogens with zero attached hydrogens (tertiary/aromatic N) is 1. The van der Waals surface area contributed by atoms with Gasteiger partial charge in [0, 0.05) is 16.6 Å². The van der Waals surface area contributed by atoms with Crippen molar-refractivity contribution in [2.75, 3.05) is 4.90 Å². The number of hydrogen-bond acceptors (Lipinski definition) is 3. The first kappa shape index (κ1) is 16.1. The maximum absolute atomic E-state index is 13.6. The lowest BCUT2D eigenvalue weighted by molar-refractivity contribution is 0.0958. The number of aryl methyl sites for hydroxylation is 1. The number of rotatable bonds is 4. The number of benzene rings is 2. The van der Waals surface area contributed by atoms with Gasteiger partial charge >= 0.3 is 0 Å². The van der Waals surface area contributed by atoms with Crippen LogP contribution in [0.15, 0.2) is 75.8 Å². The van der Waals surface area contributed by atoms with E-state index in [0.29, 0.717) is 22.3 Å². The van der Waals surface area contributed by atoms with Crippen LogP contribution < -0.4 is 4.90 Å². The smallest absolute Gasteiger partial charge is 0.294 e. The molecule has 2 aromatic carbocycles.